The number of hydrogen-bond acceptors (Lipinski definition) is 8. The smallest absolute Gasteiger partial charge is 0.326 e. The van der Waals surface area contributed by atoms with Crippen molar-refractivity contribution in [3.63, 3.8) is 0 Å². The average molecular weight is 279 g/mol. The number of tetrazole rings is 1. The molecule has 0 spiro atoms. The first-order chi connectivity index (χ1) is 9.69. The predicted molar refractivity (Wildman–Crippen MR) is 64.6 cm³/mol. The minimum Gasteiger partial charge on any atom is -0.465 e. The molecule has 9 heteroatoms. The zero-order valence-electron chi connectivity index (χ0n) is 11.0. The third kappa shape index (κ3) is 2.56. The van der Waals surface area contributed by atoms with Crippen LogP contribution in [0.5, 0.6) is 0 Å². The van der Waals surface area contributed by atoms with E-state index >= 15 is 0 Å². The molecule has 2 rings (SSSR count). The van der Waals surface area contributed by atoms with E-state index in [1.807, 2.05) is 0 Å². The van der Waals surface area contributed by atoms with Gasteiger partial charge in [0.25, 0.3) is 0 Å². The molecule has 0 bridgehead atoms. The van der Waals surface area contributed by atoms with Gasteiger partial charge in [0, 0.05) is 0 Å². The van der Waals surface area contributed by atoms with Gasteiger partial charge in [-0.25, -0.2) is 0 Å². The number of nitrogens with zero attached hydrogens (tertiary/aromatic N) is 5. The Morgan fingerprint density at radius 1 is 1.20 bits per heavy atom. The van der Waals surface area contributed by atoms with Crippen LogP contribution in [0.3, 0.4) is 0 Å². The summed E-state index contributed by atoms with van der Waals surface area (Å²) in [5.74, 6) is -2.72. The number of carbonyl (C=O) groups excluding carboxylic acids is 2. The lowest BCUT2D eigenvalue weighted by atomic mass is 10.1. The molecule has 0 aromatic carbocycles. The summed E-state index contributed by atoms with van der Waals surface area (Å²) in [4.78, 5) is 27.9. The maximum atomic E-state index is 12.0. The summed E-state index contributed by atoms with van der Waals surface area (Å²) < 4.78 is 11.1. The van der Waals surface area contributed by atoms with Gasteiger partial charge in [-0.3, -0.25) is 14.6 Å². The minimum absolute atomic E-state index is 0.147. The van der Waals surface area contributed by atoms with Crippen LogP contribution in [-0.2, 0) is 19.1 Å². The first-order valence-corrected chi connectivity index (χ1v) is 6.04. The molecule has 0 saturated heterocycles. The Morgan fingerprint density at radius 3 is 2.45 bits per heavy atom. The second-order valence-corrected chi connectivity index (χ2v) is 3.72. The van der Waals surface area contributed by atoms with Crippen LogP contribution in [0, 0.1) is 0 Å². The van der Waals surface area contributed by atoms with E-state index < -0.39 is 17.9 Å². The number of rotatable bonds is 5. The van der Waals surface area contributed by atoms with Crippen LogP contribution in [0.2, 0.25) is 0 Å². The Bertz CT molecular complexity index is 608. The minimum atomic E-state index is -1.27. The molecule has 0 fully saturated rings. The SMILES string of the molecule is CCOC(=O)C(C(=O)OCC)c1cncc2nnnn12. The highest BCUT2D eigenvalue weighted by Gasteiger charge is 2.34. The average Bonchev–Trinajstić information content (AvgIpc) is 2.89. The van der Waals surface area contributed by atoms with Crippen LogP contribution in [0.25, 0.3) is 5.65 Å². The zero-order chi connectivity index (χ0) is 14.5. The molecule has 2 aromatic rings. The van der Waals surface area contributed by atoms with E-state index in [4.69, 9.17) is 9.47 Å². The molecule has 2 heterocycles. The number of ether oxygens (including phenoxy) is 2. The molecule has 20 heavy (non-hydrogen) atoms. The van der Waals surface area contributed by atoms with Crippen molar-refractivity contribution in [2.75, 3.05) is 13.2 Å². The summed E-state index contributed by atoms with van der Waals surface area (Å²) >= 11 is 0. The Morgan fingerprint density at radius 2 is 1.85 bits per heavy atom. The van der Waals surface area contributed by atoms with Crippen molar-refractivity contribution in [2.45, 2.75) is 19.8 Å². The molecule has 2 aromatic heterocycles. The maximum Gasteiger partial charge on any atom is 0.326 e. The molecule has 0 N–H and O–H groups in total. The molecular weight excluding hydrogens is 266 g/mol. The van der Waals surface area contributed by atoms with Crippen LogP contribution in [0.15, 0.2) is 12.4 Å². The Labute approximate surface area is 113 Å². The van der Waals surface area contributed by atoms with Gasteiger partial charge in [0.15, 0.2) is 11.6 Å². The number of esters is 2. The van der Waals surface area contributed by atoms with Crippen molar-refractivity contribution in [3.8, 4) is 0 Å². The second-order valence-electron chi connectivity index (χ2n) is 3.72. The van der Waals surface area contributed by atoms with E-state index in [1.54, 1.807) is 13.8 Å². The highest BCUT2D eigenvalue weighted by Crippen LogP contribution is 2.19. The molecule has 0 aliphatic heterocycles. The zero-order valence-corrected chi connectivity index (χ0v) is 11.0. The number of fused-ring (bicyclic) bond motifs is 1. The van der Waals surface area contributed by atoms with Gasteiger partial charge in [-0.2, -0.15) is 4.52 Å². The van der Waals surface area contributed by atoms with Gasteiger partial charge in [0.05, 0.1) is 31.3 Å². The highest BCUT2D eigenvalue weighted by atomic mass is 16.6. The molecule has 9 nitrogen and oxygen atoms in total. The topological polar surface area (TPSA) is 109 Å². The van der Waals surface area contributed by atoms with Crippen LogP contribution in [-0.4, -0.2) is 50.2 Å². The van der Waals surface area contributed by atoms with Crippen molar-refractivity contribution in [3.05, 3.63) is 18.1 Å². The van der Waals surface area contributed by atoms with E-state index in [1.165, 1.54) is 16.9 Å². The van der Waals surface area contributed by atoms with Gasteiger partial charge in [-0.15, -0.1) is 5.10 Å². The lowest BCUT2D eigenvalue weighted by molar-refractivity contribution is -0.157. The summed E-state index contributed by atoms with van der Waals surface area (Å²) in [6, 6.07) is 0. The maximum absolute atomic E-state index is 12.0. The molecule has 0 radical (unpaired) electrons. The van der Waals surface area contributed by atoms with Crippen LogP contribution in [0.1, 0.15) is 25.5 Å². The lowest BCUT2D eigenvalue weighted by Crippen LogP contribution is -2.28. The van der Waals surface area contributed by atoms with Gasteiger partial charge in [-0.1, -0.05) is 0 Å². The first kappa shape index (κ1) is 13.8. The third-order valence-electron chi connectivity index (χ3n) is 2.48. The van der Waals surface area contributed by atoms with Gasteiger partial charge in [0.2, 0.25) is 0 Å². The molecular formula is C11H13N5O4. The van der Waals surface area contributed by atoms with Crippen molar-refractivity contribution in [1.29, 1.82) is 0 Å². The standard InChI is InChI=1S/C11H13N5O4/c1-3-19-10(17)9(11(18)20-4-2)7-5-12-6-8-13-14-15-16(7)8/h5-6,9H,3-4H2,1-2H3. The summed E-state index contributed by atoms with van der Waals surface area (Å²) in [5, 5.41) is 10.9. The largest absolute Gasteiger partial charge is 0.465 e. The normalized spacial score (nSPS) is 10.8. The van der Waals surface area contributed by atoms with E-state index in [0.717, 1.165) is 0 Å². The summed E-state index contributed by atoms with van der Waals surface area (Å²) in [7, 11) is 0. The fourth-order valence-electron chi connectivity index (χ4n) is 1.68. The first-order valence-electron chi connectivity index (χ1n) is 6.04. The Kier molecular flexibility index (Phi) is 4.18. The van der Waals surface area contributed by atoms with Crippen molar-refractivity contribution >= 4 is 17.6 Å². The fraction of sp³-hybridized carbons (Fsp3) is 0.455. The summed E-state index contributed by atoms with van der Waals surface area (Å²) in [6.45, 7) is 3.59. The number of aromatic nitrogens is 5. The highest BCUT2D eigenvalue weighted by molar-refractivity contribution is 6.00. The Hall–Kier alpha value is -2.58. The van der Waals surface area contributed by atoms with Crippen molar-refractivity contribution in [1.82, 2.24) is 25.0 Å². The predicted octanol–water partition coefficient (Wildman–Crippen LogP) is -0.271. The quantitative estimate of drug-likeness (QED) is 0.543. The fourth-order valence-corrected chi connectivity index (χ4v) is 1.68. The molecule has 0 aliphatic carbocycles. The number of carbonyl (C=O) groups is 2. The lowest BCUT2D eigenvalue weighted by Gasteiger charge is -2.14. The molecule has 0 atom stereocenters. The van der Waals surface area contributed by atoms with Crippen molar-refractivity contribution in [2.24, 2.45) is 0 Å². The summed E-state index contributed by atoms with van der Waals surface area (Å²) in [6.07, 6.45) is 2.75. The van der Waals surface area contributed by atoms with Crippen LogP contribution in [0.4, 0.5) is 0 Å². The number of hydrogen-bond donors (Lipinski definition) is 0. The molecule has 0 unspecified atom stereocenters. The van der Waals surface area contributed by atoms with E-state index in [2.05, 4.69) is 20.5 Å². The molecule has 0 aliphatic rings. The van der Waals surface area contributed by atoms with Gasteiger partial charge >= 0.3 is 11.9 Å². The van der Waals surface area contributed by atoms with Crippen LogP contribution < -0.4 is 0 Å². The van der Waals surface area contributed by atoms with E-state index in [9.17, 15) is 9.59 Å². The molecule has 0 saturated carbocycles. The van der Waals surface area contributed by atoms with E-state index in [0.29, 0.717) is 5.65 Å². The van der Waals surface area contributed by atoms with E-state index in [-0.39, 0.29) is 18.9 Å². The third-order valence-corrected chi connectivity index (χ3v) is 2.48. The van der Waals surface area contributed by atoms with Crippen molar-refractivity contribution < 1.29 is 19.1 Å². The molecule has 0 amide bonds. The second kappa shape index (κ2) is 6.04. The van der Waals surface area contributed by atoms with Gasteiger partial charge in [-0.05, 0) is 24.3 Å². The van der Waals surface area contributed by atoms with Gasteiger partial charge < -0.3 is 9.47 Å². The molecule has 106 valence electrons. The Balaban J connectivity index is 2.47. The van der Waals surface area contributed by atoms with Crippen LogP contribution >= 0.6 is 0 Å². The summed E-state index contributed by atoms with van der Waals surface area (Å²) in [5.41, 5.74) is 0.519. The van der Waals surface area contributed by atoms with Gasteiger partial charge in [0.1, 0.15) is 0 Å². The monoisotopic (exact) mass is 279 g/mol.